The van der Waals surface area contributed by atoms with Crippen LogP contribution < -0.4 is 14.4 Å². The number of rotatable bonds is 11. The van der Waals surface area contributed by atoms with E-state index in [-0.39, 0.29) is 11.4 Å². The number of amides is 1. The predicted molar refractivity (Wildman–Crippen MR) is 141 cm³/mol. The molecule has 0 aromatic heterocycles. The van der Waals surface area contributed by atoms with Gasteiger partial charge in [0.2, 0.25) is 5.91 Å². The Bertz CT molecular complexity index is 1270. The summed E-state index contributed by atoms with van der Waals surface area (Å²) in [5, 5.41) is 2.82. The van der Waals surface area contributed by atoms with E-state index in [1.165, 1.54) is 30.5 Å². The van der Waals surface area contributed by atoms with Gasteiger partial charge < -0.3 is 10.1 Å². The van der Waals surface area contributed by atoms with Crippen molar-refractivity contribution in [3.63, 3.8) is 0 Å². The molecule has 1 heterocycles. The highest BCUT2D eigenvalue weighted by atomic mass is 32.2. The standard InChI is InChI=1S/C28H32FN3O4S/c1-2-36-26-13-11-25(12-14-26)32(37(34,35)27-15-9-24(29)10-16-27)21-28(33)30-19-22-5-7-23(8-6-22)20-31-17-3-4-18-31/h5-16H,2-4,17-21H2,1H3,(H,30,33). The van der Waals surface area contributed by atoms with E-state index in [0.29, 0.717) is 18.0 Å². The van der Waals surface area contributed by atoms with E-state index in [0.717, 1.165) is 41.6 Å². The summed E-state index contributed by atoms with van der Waals surface area (Å²) in [5.41, 5.74) is 2.45. The number of nitrogens with zero attached hydrogens (tertiary/aromatic N) is 2. The fraction of sp³-hybridized carbons (Fsp3) is 0.321. The maximum absolute atomic E-state index is 13.4. The third-order valence-corrected chi connectivity index (χ3v) is 8.03. The molecule has 37 heavy (non-hydrogen) atoms. The lowest BCUT2D eigenvalue weighted by atomic mass is 10.1. The van der Waals surface area contributed by atoms with Crippen LogP contribution >= 0.6 is 0 Å². The fourth-order valence-electron chi connectivity index (χ4n) is 4.27. The summed E-state index contributed by atoms with van der Waals surface area (Å²) in [7, 11) is -4.13. The van der Waals surface area contributed by atoms with Crippen molar-refractivity contribution in [2.45, 2.75) is 37.8 Å². The van der Waals surface area contributed by atoms with Crippen LogP contribution in [0.1, 0.15) is 30.9 Å². The average Bonchev–Trinajstić information content (AvgIpc) is 3.41. The van der Waals surface area contributed by atoms with Gasteiger partial charge in [0.15, 0.2) is 0 Å². The Balaban J connectivity index is 1.45. The molecule has 1 aliphatic heterocycles. The number of likely N-dealkylation sites (tertiary alicyclic amines) is 1. The molecule has 0 atom stereocenters. The lowest BCUT2D eigenvalue weighted by molar-refractivity contribution is -0.119. The Morgan fingerprint density at radius 3 is 2.19 bits per heavy atom. The molecule has 1 aliphatic rings. The second-order valence-electron chi connectivity index (χ2n) is 8.97. The number of benzene rings is 3. The Hall–Kier alpha value is -3.43. The summed E-state index contributed by atoms with van der Waals surface area (Å²) in [5.74, 6) is -0.417. The normalized spacial score (nSPS) is 13.9. The summed E-state index contributed by atoms with van der Waals surface area (Å²) >= 11 is 0. The number of nitrogens with one attached hydrogen (secondary N) is 1. The lowest BCUT2D eigenvalue weighted by Crippen LogP contribution is -2.40. The number of hydrogen-bond donors (Lipinski definition) is 1. The second-order valence-corrected chi connectivity index (χ2v) is 10.8. The van der Waals surface area contributed by atoms with E-state index in [2.05, 4.69) is 22.3 Å². The van der Waals surface area contributed by atoms with Crippen LogP contribution in [0.3, 0.4) is 0 Å². The van der Waals surface area contributed by atoms with Crippen molar-refractivity contribution in [3.8, 4) is 5.75 Å². The summed E-state index contributed by atoms with van der Waals surface area (Å²) in [6.07, 6.45) is 2.49. The number of carbonyl (C=O) groups excluding carboxylic acids is 1. The molecule has 7 nitrogen and oxygen atoms in total. The van der Waals surface area contributed by atoms with Crippen molar-refractivity contribution in [1.29, 1.82) is 0 Å². The van der Waals surface area contributed by atoms with E-state index in [1.54, 1.807) is 24.3 Å². The van der Waals surface area contributed by atoms with Gasteiger partial charge in [-0.2, -0.15) is 0 Å². The summed E-state index contributed by atoms with van der Waals surface area (Å²) in [6.45, 7) is 5.35. The van der Waals surface area contributed by atoms with E-state index in [1.807, 2.05) is 19.1 Å². The van der Waals surface area contributed by atoms with Crippen LogP contribution in [-0.4, -0.2) is 45.5 Å². The van der Waals surface area contributed by atoms with Gasteiger partial charge in [-0.3, -0.25) is 14.0 Å². The van der Waals surface area contributed by atoms with Gasteiger partial charge in [-0.25, -0.2) is 12.8 Å². The number of ether oxygens (including phenoxy) is 1. The van der Waals surface area contributed by atoms with Crippen LogP contribution in [0, 0.1) is 5.82 Å². The zero-order valence-corrected chi connectivity index (χ0v) is 21.7. The number of halogens is 1. The van der Waals surface area contributed by atoms with Gasteiger partial charge in [0.05, 0.1) is 17.2 Å². The maximum atomic E-state index is 13.4. The molecule has 3 aromatic rings. The Kier molecular flexibility index (Phi) is 8.78. The minimum atomic E-state index is -4.13. The molecular weight excluding hydrogens is 493 g/mol. The summed E-state index contributed by atoms with van der Waals surface area (Å²) in [4.78, 5) is 15.2. The monoisotopic (exact) mass is 525 g/mol. The van der Waals surface area contributed by atoms with E-state index in [9.17, 15) is 17.6 Å². The molecule has 196 valence electrons. The topological polar surface area (TPSA) is 79.0 Å². The van der Waals surface area contributed by atoms with Crippen LogP contribution in [0.4, 0.5) is 10.1 Å². The van der Waals surface area contributed by atoms with Gasteiger partial charge in [0, 0.05) is 13.1 Å². The highest BCUT2D eigenvalue weighted by Gasteiger charge is 2.27. The lowest BCUT2D eigenvalue weighted by Gasteiger charge is -2.24. The van der Waals surface area contributed by atoms with Gasteiger partial charge in [-0.1, -0.05) is 24.3 Å². The van der Waals surface area contributed by atoms with Crippen LogP contribution in [0.2, 0.25) is 0 Å². The molecule has 1 N–H and O–H groups in total. The first-order valence-corrected chi connectivity index (χ1v) is 13.9. The second kappa shape index (κ2) is 12.2. The molecule has 0 spiro atoms. The smallest absolute Gasteiger partial charge is 0.264 e. The van der Waals surface area contributed by atoms with Gasteiger partial charge >= 0.3 is 0 Å². The molecule has 3 aromatic carbocycles. The number of sulfonamides is 1. The first-order valence-electron chi connectivity index (χ1n) is 12.4. The van der Waals surface area contributed by atoms with Crippen molar-refractivity contribution in [1.82, 2.24) is 10.2 Å². The van der Waals surface area contributed by atoms with Crippen LogP contribution in [0.25, 0.3) is 0 Å². The van der Waals surface area contributed by atoms with Crippen LogP contribution in [0.5, 0.6) is 5.75 Å². The number of anilines is 1. The molecule has 0 radical (unpaired) electrons. The van der Waals surface area contributed by atoms with E-state index < -0.39 is 28.3 Å². The van der Waals surface area contributed by atoms with E-state index >= 15 is 0 Å². The zero-order valence-electron chi connectivity index (χ0n) is 20.9. The molecular formula is C28H32FN3O4S. The maximum Gasteiger partial charge on any atom is 0.264 e. The molecule has 1 saturated heterocycles. The first-order chi connectivity index (χ1) is 17.8. The molecule has 4 rings (SSSR count). The quantitative estimate of drug-likeness (QED) is 0.403. The van der Waals surface area contributed by atoms with Crippen molar-refractivity contribution < 1.29 is 22.3 Å². The molecule has 0 unspecified atom stereocenters. The minimum Gasteiger partial charge on any atom is -0.494 e. The minimum absolute atomic E-state index is 0.107. The van der Waals surface area contributed by atoms with Crippen molar-refractivity contribution in [2.75, 3.05) is 30.5 Å². The summed E-state index contributed by atoms with van der Waals surface area (Å²) in [6, 6.07) is 19.1. The van der Waals surface area contributed by atoms with Gasteiger partial charge in [-0.05, 0) is 92.5 Å². The molecule has 0 bridgehead atoms. The highest BCUT2D eigenvalue weighted by molar-refractivity contribution is 7.92. The Labute approximate surface area is 217 Å². The highest BCUT2D eigenvalue weighted by Crippen LogP contribution is 2.26. The number of hydrogen-bond acceptors (Lipinski definition) is 5. The Morgan fingerprint density at radius 2 is 1.57 bits per heavy atom. The SMILES string of the molecule is CCOc1ccc(N(CC(=O)NCc2ccc(CN3CCCC3)cc2)S(=O)(=O)c2ccc(F)cc2)cc1. The van der Waals surface area contributed by atoms with Gasteiger partial charge in [0.25, 0.3) is 10.0 Å². The first kappa shape index (κ1) is 26.6. The third-order valence-electron chi connectivity index (χ3n) is 6.24. The largest absolute Gasteiger partial charge is 0.494 e. The fourth-order valence-corrected chi connectivity index (χ4v) is 5.69. The zero-order chi connectivity index (χ0) is 26.3. The van der Waals surface area contributed by atoms with Gasteiger partial charge in [-0.15, -0.1) is 0 Å². The molecule has 1 fully saturated rings. The van der Waals surface area contributed by atoms with Gasteiger partial charge in [0.1, 0.15) is 18.1 Å². The molecule has 1 amide bonds. The molecule has 9 heteroatoms. The summed E-state index contributed by atoms with van der Waals surface area (Å²) < 4.78 is 46.8. The van der Waals surface area contributed by atoms with Crippen LogP contribution in [0.15, 0.2) is 77.7 Å². The molecule has 0 aliphatic carbocycles. The average molecular weight is 526 g/mol. The Morgan fingerprint density at radius 1 is 0.946 bits per heavy atom. The van der Waals surface area contributed by atoms with Crippen LogP contribution in [-0.2, 0) is 27.9 Å². The van der Waals surface area contributed by atoms with Crippen molar-refractivity contribution >= 4 is 21.6 Å². The van der Waals surface area contributed by atoms with Crippen molar-refractivity contribution in [2.24, 2.45) is 0 Å². The predicted octanol–water partition coefficient (Wildman–Crippen LogP) is 4.33. The molecule has 0 saturated carbocycles. The number of carbonyl (C=O) groups is 1. The van der Waals surface area contributed by atoms with E-state index in [4.69, 9.17) is 4.74 Å². The third kappa shape index (κ3) is 7.08. The van der Waals surface area contributed by atoms with Crippen molar-refractivity contribution in [3.05, 3.63) is 89.7 Å².